The number of nitrogens with zero attached hydrogens (tertiary/aromatic N) is 1. The Hall–Kier alpha value is -3.09. The number of nitrogens with one attached hydrogen (secondary N) is 3. The van der Waals surface area contributed by atoms with Gasteiger partial charge in [-0.1, -0.05) is 30.5 Å². The lowest BCUT2D eigenvalue weighted by molar-refractivity contribution is 0.0940. The molecule has 1 aliphatic rings. The van der Waals surface area contributed by atoms with Crippen LogP contribution in [0.25, 0.3) is 10.9 Å². The Labute approximate surface area is 229 Å². The van der Waals surface area contributed by atoms with Gasteiger partial charge in [0.1, 0.15) is 11.2 Å². The van der Waals surface area contributed by atoms with E-state index in [0.29, 0.717) is 24.4 Å². The Morgan fingerprint density at radius 2 is 1.82 bits per heavy atom. The average molecular weight is 583 g/mol. The Morgan fingerprint density at radius 3 is 2.51 bits per heavy atom. The molecule has 39 heavy (non-hydrogen) atoms. The molecule has 0 saturated heterocycles. The maximum absolute atomic E-state index is 14.6. The lowest BCUT2D eigenvalue weighted by Crippen LogP contribution is -2.30. The molecular formula is C26H29ClF2N4O5S. The molecule has 4 rings (SSSR count). The van der Waals surface area contributed by atoms with Crippen LogP contribution in [0.1, 0.15) is 48.3 Å². The zero-order chi connectivity index (χ0) is 28.2. The van der Waals surface area contributed by atoms with E-state index in [9.17, 15) is 26.8 Å². The molecule has 0 atom stereocenters. The highest BCUT2D eigenvalue weighted by Crippen LogP contribution is 2.31. The second kappa shape index (κ2) is 12.4. The van der Waals surface area contributed by atoms with Crippen LogP contribution in [0.5, 0.6) is 5.75 Å². The SMILES string of the molecule is CS(=O)(=O)NCC1CCC(CCOc2c(F)ccc3nc(C(=O)NCc4ccc(F)c(Cl)c4)[nH]c(=O)c23)CC1. The lowest BCUT2D eigenvalue weighted by Gasteiger charge is -2.28. The molecule has 0 unspecified atom stereocenters. The van der Waals surface area contributed by atoms with E-state index in [2.05, 4.69) is 20.0 Å². The predicted molar refractivity (Wildman–Crippen MR) is 143 cm³/mol. The van der Waals surface area contributed by atoms with Gasteiger partial charge in [0, 0.05) is 13.1 Å². The highest BCUT2D eigenvalue weighted by molar-refractivity contribution is 7.88. The van der Waals surface area contributed by atoms with Crippen LogP contribution in [-0.4, -0.2) is 43.7 Å². The second-order valence-corrected chi connectivity index (χ2v) is 12.0. The van der Waals surface area contributed by atoms with Gasteiger partial charge in [0.05, 0.1) is 23.4 Å². The van der Waals surface area contributed by atoms with Crippen molar-refractivity contribution in [2.24, 2.45) is 11.8 Å². The fraction of sp³-hybridized carbons (Fsp3) is 0.423. The molecule has 13 heteroatoms. The smallest absolute Gasteiger partial charge is 0.287 e. The molecule has 2 aromatic carbocycles. The molecular weight excluding hydrogens is 554 g/mol. The zero-order valence-corrected chi connectivity index (χ0v) is 22.8. The number of H-pyrrole nitrogens is 1. The van der Waals surface area contributed by atoms with Gasteiger partial charge in [-0.15, -0.1) is 0 Å². The van der Waals surface area contributed by atoms with Crippen molar-refractivity contribution >= 4 is 38.4 Å². The molecule has 9 nitrogen and oxygen atoms in total. The van der Waals surface area contributed by atoms with Crippen molar-refractivity contribution in [1.29, 1.82) is 0 Å². The summed E-state index contributed by atoms with van der Waals surface area (Å²) in [6, 6.07) is 6.45. The molecule has 3 N–H and O–H groups in total. The summed E-state index contributed by atoms with van der Waals surface area (Å²) in [4.78, 5) is 32.0. The normalized spacial score (nSPS) is 17.7. The third kappa shape index (κ3) is 7.74. The van der Waals surface area contributed by atoms with Gasteiger partial charge in [-0.25, -0.2) is 26.9 Å². The van der Waals surface area contributed by atoms with E-state index in [1.807, 2.05) is 0 Å². The van der Waals surface area contributed by atoms with Gasteiger partial charge in [-0.3, -0.25) is 9.59 Å². The topological polar surface area (TPSA) is 130 Å². The molecule has 1 fully saturated rings. The summed E-state index contributed by atoms with van der Waals surface area (Å²) in [5, 5.41) is 2.41. The number of hydrogen-bond acceptors (Lipinski definition) is 6. The number of halogens is 3. The van der Waals surface area contributed by atoms with Crippen LogP contribution < -0.4 is 20.3 Å². The van der Waals surface area contributed by atoms with Gasteiger partial charge in [0.25, 0.3) is 11.5 Å². The van der Waals surface area contributed by atoms with E-state index in [1.165, 1.54) is 24.3 Å². The highest BCUT2D eigenvalue weighted by atomic mass is 35.5. The summed E-state index contributed by atoms with van der Waals surface area (Å²) >= 11 is 5.76. The first-order valence-corrected chi connectivity index (χ1v) is 14.8. The third-order valence-electron chi connectivity index (χ3n) is 6.80. The Kier molecular flexibility index (Phi) is 9.19. The number of rotatable bonds is 10. The van der Waals surface area contributed by atoms with E-state index in [1.54, 1.807) is 0 Å². The molecule has 1 amide bonds. The molecule has 1 saturated carbocycles. The van der Waals surface area contributed by atoms with Crippen LogP contribution in [0.3, 0.4) is 0 Å². The first-order chi connectivity index (χ1) is 18.5. The summed E-state index contributed by atoms with van der Waals surface area (Å²) < 4.78 is 58.8. The van der Waals surface area contributed by atoms with Crippen molar-refractivity contribution < 1.29 is 26.7 Å². The predicted octanol–water partition coefficient (Wildman–Crippen LogP) is 3.91. The fourth-order valence-electron chi connectivity index (χ4n) is 4.66. The fourth-order valence-corrected chi connectivity index (χ4v) is 5.40. The minimum absolute atomic E-state index is 0.0223. The highest BCUT2D eigenvalue weighted by Gasteiger charge is 2.23. The van der Waals surface area contributed by atoms with E-state index < -0.39 is 33.1 Å². The number of benzene rings is 2. The number of amides is 1. The Morgan fingerprint density at radius 1 is 1.13 bits per heavy atom. The minimum atomic E-state index is -3.21. The first-order valence-electron chi connectivity index (χ1n) is 12.5. The number of hydrogen-bond donors (Lipinski definition) is 3. The van der Waals surface area contributed by atoms with E-state index in [4.69, 9.17) is 16.3 Å². The van der Waals surface area contributed by atoms with Crippen molar-refractivity contribution in [2.45, 2.75) is 38.6 Å². The average Bonchev–Trinajstić information content (AvgIpc) is 2.89. The quantitative estimate of drug-likeness (QED) is 0.332. The molecule has 0 spiro atoms. The number of sulfonamides is 1. The number of fused-ring (bicyclic) bond motifs is 1. The number of aromatic nitrogens is 2. The zero-order valence-electron chi connectivity index (χ0n) is 21.2. The molecule has 0 aliphatic heterocycles. The summed E-state index contributed by atoms with van der Waals surface area (Å²) in [7, 11) is -3.21. The number of carbonyl (C=O) groups excluding carboxylic acids is 1. The largest absolute Gasteiger partial charge is 0.490 e. The van der Waals surface area contributed by atoms with Crippen molar-refractivity contribution in [3.63, 3.8) is 0 Å². The molecule has 0 bridgehead atoms. The minimum Gasteiger partial charge on any atom is -0.490 e. The van der Waals surface area contributed by atoms with Gasteiger partial charge in [-0.2, -0.15) is 0 Å². The second-order valence-electron chi connectivity index (χ2n) is 9.76. The van der Waals surface area contributed by atoms with Gasteiger partial charge < -0.3 is 15.0 Å². The van der Waals surface area contributed by atoms with Crippen LogP contribution in [0.15, 0.2) is 35.1 Å². The summed E-state index contributed by atoms with van der Waals surface area (Å²) in [5.41, 5.74) is -0.0675. The van der Waals surface area contributed by atoms with Gasteiger partial charge in [-0.05, 0) is 60.9 Å². The van der Waals surface area contributed by atoms with Crippen molar-refractivity contribution in [3.05, 3.63) is 68.7 Å². The maximum atomic E-state index is 14.6. The Balaban J connectivity index is 1.37. The lowest BCUT2D eigenvalue weighted by atomic mass is 9.81. The molecule has 210 valence electrons. The third-order valence-corrected chi connectivity index (χ3v) is 7.78. The molecule has 1 heterocycles. The van der Waals surface area contributed by atoms with Gasteiger partial charge in [0.2, 0.25) is 10.0 Å². The standard InChI is InChI=1S/C26H29ClF2N4O5S/c1-39(36,37)31-14-16-4-2-15(3-5-16)10-11-38-23-20(29)8-9-21-22(23)25(34)33-24(32-21)26(35)30-13-17-6-7-19(28)18(27)12-17/h6-9,12,15-16,31H,2-5,10-11,13-14H2,1H3,(H,30,35)(H,32,33,34). The van der Waals surface area contributed by atoms with Crippen LogP contribution in [-0.2, 0) is 16.6 Å². The number of carbonyl (C=O) groups is 1. The Bertz CT molecular complexity index is 1520. The summed E-state index contributed by atoms with van der Waals surface area (Å²) in [6.45, 7) is 0.642. The first kappa shape index (κ1) is 28.9. The van der Waals surface area contributed by atoms with E-state index in [0.717, 1.165) is 38.0 Å². The maximum Gasteiger partial charge on any atom is 0.287 e. The van der Waals surface area contributed by atoms with E-state index in [-0.39, 0.29) is 46.6 Å². The van der Waals surface area contributed by atoms with Crippen molar-refractivity contribution in [3.8, 4) is 5.75 Å². The molecule has 3 aromatic rings. The van der Waals surface area contributed by atoms with Crippen LogP contribution >= 0.6 is 11.6 Å². The van der Waals surface area contributed by atoms with Gasteiger partial charge in [0.15, 0.2) is 17.4 Å². The van der Waals surface area contributed by atoms with Crippen molar-refractivity contribution in [1.82, 2.24) is 20.0 Å². The molecule has 1 aromatic heterocycles. The van der Waals surface area contributed by atoms with Crippen molar-refractivity contribution in [2.75, 3.05) is 19.4 Å². The number of aromatic amines is 1. The van der Waals surface area contributed by atoms with Crippen LogP contribution in [0.2, 0.25) is 5.02 Å². The molecule has 0 radical (unpaired) electrons. The van der Waals surface area contributed by atoms with Crippen LogP contribution in [0, 0.1) is 23.5 Å². The molecule has 1 aliphatic carbocycles. The van der Waals surface area contributed by atoms with Crippen LogP contribution in [0.4, 0.5) is 8.78 Å². The summed E-state index contributed by atoms with van der Waals surface area (Å²) in [6.07, 6.45) is 5.38. The number of ether oxygens (including phenoxy) is 1. The summed E-state index contributed by atoms with van der Waals surface area (Å²) in [5.74, 6) is -1.82. The van der Waals surface area contributed by atoms with E-state index >= 15 is 0 Å². The monoisotopic (exact) mass is 582 g/mol. The van der Waals surface area contributed by atoms with Gasteiger partial charge >= 0.3 is 0 Å².